The SMILES string of the molecule is CCCCOCCNCCN(C)CC(F)(F)F. The average molecular weight is 256 g/mol. The van der Waals surface area contributed by atoms with Gasteiger partial charge >= 0.3 is 6.18 Å². The number of alkyl halides is 3. The molecule has 0 aliphatic carbocycles. The summed E-state index contributed by atoms with van der Waals surface area (Å²) in [6.07, 6.45) is -1.96. The smallest absolute Gasteiger partial charge is 0.380 e. The predicted molar refractivity (Wildman–Crippen MR) is 62.1 cm³/mol. The fraction of sp³-hybridized carbons (Fsp3) is 1.00. The Hall–Kier alpha value is -0.330. The number of likely N-dealkylation sites (N-methyl/N-ethyl adjacent to an activating group) is 1. The van der Waals surface area contributed by atoms with E-state index < -0.39 is 12.7 Å². The summed E-state index contributed by atoms with van der Waals surface area (Å²) in [4.78, 5) is 1.25. The van der Waals surface area contributed by atoms with Crippen molar-refractivity contribution in [3.05, 3.63) is 0 Å². The monoisotopic (exact) mass is 256 g/mol. The minimum absolute atomic E-state index is 0.383. The first kappa shape index (κ1) is 16.7. The van der Waals surface area contributed by atoms with Crippen LogP contribution in [0.5, 0.6) is 0 Å². The lowest BCUT2D eigenvalue weighted by Crippen LogP contribution is -2.36. The molecular formula is C11H23F3N2O. The number of halogens is 3. The molecule has 0 amide bonds. The lowest BCUT2D eigenvalue weighted by atomic mass is 10.4. The van der Waals surface area contributed by atoms with E-state index in [2.05, 4.69) is 12.2 Å². The minimum Gasteiger partial charge on any atom is -0.380 e. The van der Waals surface area contributed by atoms with Gasteiger partial charge in [-0.25, -0.2) is 0 Å². The highest BCUT2D eigenvalue weighted by Crippen LogP contribution is 2.14. The predicted octanol–water partition coefficient (Wildman–Crippen LogP) is 1.89. The van der Waals surface area contributed by atoms with Crippen LogP contribution in [0.1, 0.15) is 19.8 Å². The van der Waals surface area contributed by atoms with Crippen LogP contribution in [0, 0.1) is 0 Å². The van der Waals surface area contributed by atoms with Gasteiger partial charge in [-0.1, -0.05) is 13.3 Å². The van der Waals surface area contributed by atoms with Crippen LogP contribution >= 0.6 is 0 Å². The van der Waals surface area contributed by atoms with Crippen LogP contribution in [-0.4, -0.2) is 57.5 Å². The molecule has 0 heterocycles. The molecule has 0 aliphatic rings. The van der Waals surface area contributed by atoms with Gasteiger partial charge in [-0.2, -0.15) is 13.2 Å². The molecule has 0 aromatic rings. The maximum Gasteiger partial charge on any atom is 0.401 e. The van der Waals surface area contributed by atoms with Crippen LogP contribution in [0.15, 0.2) is 0 Å². The Balaban J connectivity index is 3.22. The number of unbranched alkanes of at least 4 members (excludes halogenated alkanes) is 1. The summed E-state index contributed by atoms with van der Waals surface area (Å²) in [6, 6.07) is 0. The number of ether oxygens (including phenoxy) is 1. The van der Waals surface area contributed by atoms with Gasteiger partial charge in [0.05, 0.1) is 13.2 Å². The highest BCUT2D eigenvalue weighted by Gasteiger charge is 2.28. The minimum atomic E-state index is -4.11. The Morgan fingerprint density at radius 1 is 1.18 bits per heavy atom. The first-order valence-electron chi connectivity index (χ1n) is 5.99. The third-order valence-electron chi connectivity index (χ3n) is 2.18. The first-order chi connectivity index (χ1) is 7.95. The van der Waals surface area contributed by atoms with Crippen LogP contribution in [0.25, 0.3) is 0 Å². The second-order valence-electron chi connectivity index (χ2n) is 4.07. The Morgan fingerprint density at radius 3 is 2.47 bits per heavy atom. The summed E-state index contributed by atoms with van der Waals surface area (Å²) in [5, 5.41) is 3.04. The molecule has 0 rings (SSSR count). The molecule has 0 aliphatic heterocycles. The number of rotatable bonds is 10. The van der Waals surface area contributed by atoms with Crippen molar-refractivity contribution in [2.75, 3.05) is 46.4 Å². The molecular weight excluding hydrogens is 233 g/mol. The van der Waals surface area contributed by atoms with Gasteiger partial charge < -0.3 is 10.1 Å². The molecule has 0 saturated carbocycles. The normalized spacial score (nSPS) is 12.4. The third kappa shape index (κ3) is 13.6. The Kier molecular flexibility index (Phi) is 9.49. The average Bonchev–Trinajstić information content (AvgIpc) is 2.19. The van der Waals surface area contributed by atoms with Gasteiger partial charge in [0.15, 0.2) is 0 Å². The van der Waals surface area contributed by atoms with Crippen LogP contribution in [0.3, 0.4) is 0 Å². The number of hydrogen-bond acceptors (Lipinski definition) is 3. The van der Waals surface area contributed by atoms with Crippen LogP contribution in [-0.2, 0) is 4.74 Å². The maximum atomic E-state index is 12.0. The largest absolute Gasteiger partial charge is 0.401 e. The zero-order valence-corrected chi connectivity index (χ0v) is 10.6. The second kappa shape index (κ2) is 9.67. The van der Waals surface area contributed by atoms with Gasteiger partial charge in [0, 0.05) is 26.2 Å². The molecule has 0 aromatic carbocycles. The van der Waals surface area contributed by atoms with E-state index >= 15 is 0 Å². The molecule has 0 bridgehead atoms. The fourth-order valence-electron chi connectivity index (χ4n) is 1.27. The third-order valence-corrected chi connectivity index (χ3v) is 2.18. The van der Waals surface area contributed by atoms with Crippen LogP contribution in [0.4, 0.5) is 13.2 Å². The zero-order valence-electron chi connectivity index (χ0n) is 10.6. The zero-order chi connectivity index (χ0) is 13.1. The second-order valence-corrected chi connectivity index (χ2v) is 4.07. The summed E-state index contributed by atoms with van der Waals surface area (Å²) < 4.78 is 41.2. The van der Waals surface area contributed by atoms with E-state index in [1.807, 2.05) is 0 Å². The van der Waals surface area contributed by atoms with Gasteiger partial charge in [-0.3, -0.25) is 4.90 Å². The lowest BCUT2D eigenvalue weighted by molar-refractivity contribution is -0.142. The highest BCUT2D eigenvalue weighted by atomic mass is 19.4. The molecule has 3 nitrogen and oxygen atoms in total. The molecule has 0 saturated heterocycles. The molecule has 104 valence electrons. The molecule has 17 heavy (non-hydrogen) atoms. The summed E-state index contributed by atoms with van der Waals surface area (Å²) in [5.74, 6) is 0. The first-order valence-corrected chi connectivity index (χ1v) is 5.99. The molecule has 0 radical (unpaired) electrons. The van der Waals surface area contributed by atoms with Crippen molar-refractivity contribution < 1.29 is 17.9 Å². The van der Waals surface area contributed by atoms with Crippen molar-refractivity contribution in [2.24, 2.45) is 0 Å². The molecule has 1 N–H and O–H groups in total. The van der Waals surface area contributed by atoms with Gasteiger partial charge in [-0.15, -0.1) is 0 Å². The van der Waals surface area contributed by atoms with E-state index in [0.717, 1.165) is 19.4 Å². The van der Waals surface area contributed by atoms with E-state index in [1.54, 1.807) is 0 Å². The van der Waals surface area contributed by atoms with Crippen molar-refractivity contribution in [2.45, 2.75) is 25.9 Å². The van der Waals surface area contributed by atoms with E-state index in [-0.39, 0.29) is 0 Å². The van der Waals surface area contributed by atoms with Crippen molar-refractivity contribution in [3.63, 3.8) is 0 Å². The van der Waals surface area contributed by atoms with E-state index in [0.29, 0.717) is 26.2 Å². The molecule has 0 atom stereocenters. The van der Waals surface area contributed by atoms with E-state index in [4.69, 9.17) is 4.74 Å². The van der Waals surface area contributed by atoms with Gasteiger partial charge in [0.1, 0.15) is 0 Å². The van der Waals surface area contributed by atoms with Crippen molar-refractivity contribution >= 4 is 0 Å². The Morgan fingerprint density at radius 2 is 1.88 bits per heavy atom. The van der Waals surface area contributed by atoms with Gasteiger partial charge in [0.25, 0.3) is 0 Å². The topological polar surface area (TPSA) is 24.5 Å². The highest BCUT2D eigenvalue weighted by molar-refractivity contribution is 4.60. The van der Waals surface area contributed by atoms with Gasteiger partial charge in [0.2, 0.25) is 0 Å². The quantitative estimate of drug-likeness (QED) is 0.604. The van der Waals surface area contributed by atoms with Crippen molar-refractivity contribution in [3.8, 4) is 0 Å². The molecule has 6 heteroatoms. The van der Waals surface area contributed by atoms with E-state index in [1.165, 1.54) is 11.9 Å². The molecule has 0 unspecified atom stereocenters. The standard InChI is InChI=1S/C11H23F3N2O/c1-3-4-8-17-9-6-15-5-7-16(2)10-11(12,13)14/h15H,3-10H2,1-2H3. The fourth-order valence-corrected chi connectivity index (χ4v) is 1.27. The van der Waals surface area contributed by atoms with Crippen molar-refractivity contribution in [1.29, 1.82) is 0 Å². The molecule has 0 aromatic heterocycles. The summed E-state index contributed by atoms with van der Waals surface area (Å²) in [7, 11) is 1.47. The summed E-state index contributed by atoms with van der Waals surface area (Å²) >= 11 is 0. The Labute approximate surface area is 101 Å². The molecule has 0 spiro atoms. The number of nitrogens with one attached hydrogen (secondary N) is 1. The molecule has 0 fully saturated rings. The summed E-state index contributed by atoms with van der Waals surface area (Å²) in [5.41, 5.74) is 0. The number of nitrogens with zero attached hydrogens (tertiary/aromatic N) is 1. The van der Waals surface area contributed by atoms with E-state index in [9.17, 15) is 13.2 Å². The van der Waals surface area contributed by atoms with Crippen molar-refractivity contribution in [1.82, 2.24) is 10.2 Å². The van der Waals surface area contributed by atoms with Gasteiger partial charge in [-0.05, 0) is 13.5 Å². The van der Waals surface area contributed by atoms with Crippen LogP contribution in [0.2, 0.25) is 0 Å². The van der Waals surface area contributed by atoms with Crippen LogP contribution < -0.4 is 5.32 Å². The number of hydrogen-bond donors (Lipinski definition) is 1. The lowest BCUT2D eigenvalue weighted by Gasteiger charge is -2.18. The Bertz CT molecular complexity index is 177. The maximum absolute atomic E-state index is 12.0. The summed E-state index contributed by atoms with van der Waals surface area (Å²) in [6.45, 7) is 4.22.